The number of hydrogen-bond donors (Lipinski definition) is 0. The topological polar surface area (TPSA) is 84.9 Å². The molecule has 164 valence electrons. The Labute approximate surface area is 177 Å². The van der Waals surface area contributed by atoms with Crippen molar-refractivity contribution in [3.8, 4) is 0 Å². The molecule has 2 aliphatic heterocycles. The molecule has 0 aromatic carbocycles. The second kappa shape index (κ2) is 8.04. The monoisotopic (exact) mass is 416 g/mol. The van der Waals surface area contributed by atoms with Crippen molar-refractivity contribution >= 4 is 18.0 Å². The van der Waals surface area contributed by atoms with Crippen LogP contribution in [-0.2, 0) is 9.47 Å². The summed E-state index contributed by atoms with van der Waals surface area (Å²) in [7, 11) is 0. The van der Waals surface area contributed by atoms with Crippen LogP contribution in [-0.4, -0.2) is 57.9 Å². The highest BCUT2D eigenvalue weighted by Gasteiger charge is 2.46. The number of ether oxygens (including phenoxy) is 2. The molecule has 1 unspecified atom stereocenters. The molecule has 1 aromatic rings. The second-order valence-electron chi connectivity index (χ2n) is 9.77. The number of hydrogen-bond acceptors (Lipinski definition) is 6. The van der Waals surface area contributed by atoms with Gasteiger partial charge in [0, 0.05) is 25.2 Å². The van der Waals surface area contributed by atoms with E-state index in [9.17, 15) is 9.59 Å². The summed E-state index contributed by atoms with van der Waals surface area (Å²) in [6, 6.07) is 0. The molecule has 8 nitrogen and oxygen atoms in total. The molecule has 0 bridgehead atoms. The predicted molar refractivity (Wildman–Crippen MR) is 111 cm³/mol. The third-order valence-corrected chi connectivity index (χ3v) is 6.14. The highest BCUT2D eigenvalue weighted by molar-refractivity contribution is 5.89. The molecule has 1 atom stereocenters. The van der Waals surface area contributed by atoms with Crippen LogP contribution < -0.4 is 4.90 Å². The second-order valence-corrected chi connectivity index (χ2v) is 9.77. The summed E-state index contributed by atoms with van der Waals surface area (Å²) in [5, 5.41) is 0. The number of piperidine rings is 1. The van der Waals surface area contributed by atoms with E-state index in [0.29, 0.717) is 25.5 Å². The fraction of sp³-hybridized carbons (Fsp3) is 0.727. The van der Waals surface area contributed by atoms with Gasteiger partial charge in [-0.1, -0.05) is 6.42 Å². The Bertz CT molecular complexity index is 801. The first-order valence-electron chi connectivity index (χ1n) is 11.1. The lowest BCUT2D eigenvalue weighted by Gasteiger charge is -2.34. The Kier molecular flexibility index (Phi) is 5.59. The van der Waals surface area contributed by atoms with Gasteiger partial charge in [0.15, 0.2) is 5.82 Å². The van der Waals surface area contributed by atoms with Crippen molar-refractivity contribution in [2.75, 3.05) is 24.5 Å². The molecule has 3 aliphatic rings. The summed E-state index contributed by atoms with van der Waals surface area (Å²) >= 11 is 0. The van der Waals surface area contributed by atoms with Crippen molar-refractivity contribution in [2.24, 2.45) is 0 Å². The molecule has 0 radical (unpaired) electrons. The molecule has 0 N–H and O–H groups in total. The van der Waals surface area contributed by atoms with E-state index >= 15 is 0 Å². The van der Waals surface area contributed by atoms with Crippen LogP contribution in [0.5, 0.6) is 0 Å². The molecule has 1 spiro atoms. The first-order valence-corrected chi connectivity index (χ1v) is 11.1. The zero-order valence-electron chi connectivity index (χ0n) is 18.2. The van der Waals surface area contributed by atoms with Crippen molar-refractivity contribution in [1.82, 2.24) is 14.9 Å². The molecule has 2 amide bonds. The predicted octanol–water partition coefficient (Wildman–Crippen LogP) is 4.25. The molecule has 4 rings (SSSR count). The summed E-state index contributed by atoms with van der Waals surface area (Å²) in [6.07, 6.45) is 9.75. The molecule has 3 heterocycles. The van der Waals surface area contributed by atoms with Crippen molar-refractivity contribution in [3.05, 3.63) is 18.1 Å². The SMILES string of the molecule is CC(C)(C)OC(=O)N1CCCC(c2cncc(N3CC4(CCCCC4)OC3=O)n2)C1. The van der Waals surface area contributed by atoms with Gasteiger partial charge in [0.2, 0.25) is 0 Å². The maximum Gasteiger partial charge on any atom is 0.416 e. The Balaban J connectivity index is 1.47. The van der Waals surface area contributed by atoms with Crippen LogP contribution in [0.3, 0.4) is 0 Å². The van der Waals surface area contributed by atoms with E-state index in [0.717, 1.165) is 44.2 Å². The van der Waals surface area contributed by atoms with Gasteiger partial charge in [-0.05, 0) is 59.3 Å². The number of likely N-dealkylation sites (tertiary alicyclic amines) is 1. The smallest absolute Gasteiger partial charge is 0.416 e. The van der Waals surface area contributed by atoms with Crippen LogP contribution in [0, 0.1) is 0 Å². The Morgan fingerprint density at radius 3 is 2.70 bits per heavy atom. The van der Waals surface area contributed by atoms with Crippen molar-refractivity contribution in [3.63, 3.8) is 0 Å². The summed E-state index contributed by atoms with van der Waals surface area (Å²) in [5.41, 5.74) is -0.0847. The summed E-state index contributed by atoms with van der Waals surface area (Å²) in [5.74, 6) is 0.607. The molecular formula is C22H32N4O4. The lowest BCUT2D eigenvalue weighted by Crippen LogP contribution is -2.42. The van der Waals surface area contributed by atoms with E-state index < -0.39 is 5.60 Å². The first-order chi connectivity index (χ1) is 14.2. The number of aromatic nitrogens is 2. The van der Waals surface area contributed by atoms with Crippen LogP contribution >= 0.6 is 0 Å². The minimum Gasteiger partial charge on any atom is -0.444 e. The Morgan fingerprint density at radius 1 is 1.20 bits per heavy atom. The van der Waals surface area contributed by atoms with Gasteiger partial charge in [-0.15, -0.1) is 0 Å². The van der Waals surface area contributed by atoms with Crippen LogP contribution in [0.1, 0.15) is 77.3 Å². The fourth-order valence-corrected chi connectivity index (χ4v) is 4.66. The number of anilines is 1. The maximum absolute atomic E-state index is 12.6. The van der Waals surface area contributed by atoms with Crippen molar-refractivity contribution in [1.29, 1.82) is 0 Å². The van der Waals surface area contributed by atoms with Gasteiger partial charge in [-0.25, -0.2) is 14.6 Å². The zero-order chi connectivity index (χ0) is 21.4. The number of rotatable bonds is 2. The van der Waals surface area contributed by atoms with Gasteiger partial charge >= 0.3 is 12.2 Å². The van der Waals surface area contributed by atoms with E-state index in [2.05, 4.69) is 4.98 Å². The van der Waals surface area contributed by atoms with Gasteiger partial charge in [0.05, 0.1) is 18.4 Å². The summed E-state index contributed by atoms with van der Waals surface area (Å²) in [4.78, 5) is 37.5. The van der Waals surface area contributed by atoms with Gasteiger partial charge < -0.3 is 14.4 Å². The van der Waals surface area contributed by atoms with Crippen LogP contribution in [0.15, 0.2) is 12.4 Å². The molecule has 1 aromatic heterocycles. The van der Waals surface area contributed by atoms with Crippen LogP contribution in [0.25, 0.3) is 0 Å². The molecular weight excluding hydrogens is 384 g/mol. The van der Waals surface area contributed by atoms with Crippen LogP contribution in [0.4, 0.5) is 15.4 Å². The quantitative estimate of drug-likeness (QED) is 0.716. The number of nitrogens with zero attached hydrogens (tertiary/aromatic N) is 4. The van der Waals surface area contributed by atoms with E-state index in [1.807, 2.05) is 20.8 Å². The van der Waals surface area contributed by atoms with Gasteiger partial charge in [0.1, 0.15) is 11.2 Å². The molecule has 1 saturated carbocycles. The van der Waals surface area contributed by atoms with Crippen molar-refractivity contribution in [2.45, 2.75) is 82.8 Å². The minimum atomic E-state index is -0.519. The largest absolute Gasteiger partial charge is 0.444 e. The zero-order valence-corrected chi connectivity index (χ0v) is 18.2. The molecule has 8 heteroatoms. The molecule has 2 saturated heterocycles. The lowest BCUT2D eigenvalue weighted by molar-refractivity contribution is 0.0196. The summed E-state index contributed by atoms with van der Waals surface area (Å²) in [6.45, 7) is 7.38. The highest BCUT2D eigenvalue weighted by atomic mass is 16.6. The number of carbonyl (C=O) groups excluding carboxylic acids is 2. The van der Waals surface area contributed by atoms with E-state index in [1.54, 1.807) is 22.2 Å². The van der Waals surface area contributed by atoms with Gasteiger partial charge in [-0.3, -0.25) is 9.88 Å². The standard InChI is InChI=1S/C22H32N4O4/c1-21(2,3)29-19(27)25-11-7-8-16(14-25)17-12-23-13-18(24-17)26-15-22(30-20(26)28)9-5-4-6-10-22/h12-13,16H,4-11,14-15H2,1-3H3. The normalized spacial score (nSPS) is 24.1. The summed E-state index contributed by atoms with van der Waals surface area (Å²) < 4.78 is 11.3. The average molecular weight is 417 g/mol. The Hall–Kier alpha value is -2.38. The minimum absolute atomic E-state index is 0.0704. The third-order valence-electron chi connectivity index (χ3n) is 6.14. The molecule has 3 fully saturated rings. The van der Waals surface area contributed by atoms with E-state index in [-0.39, 0.29) is 23.7 Å². The highest BCUT2D eigenvalue weighted by Crippen LogP contribution is 2.38. The first kappa shape index (κ1) is 20.9. The number of carbonyl (C=O) groups is 2. The van der Waals surface area contributed by atoms with Gasteiger partial charge in [0.25, 0.3) is 0 Å². The maximum atomic E-state index is 12.6. The van der Waals surface area contributed by atoms with Gasteiger partial charge in [-0.2, -0.15) is 0 Å². The fourth-order valence-electron chi connectivity index (χ4n) is 4.66. The molecule has 1 aliphatic carbocycles. The van der Waals surface area contributed by atoms with Crippen molar-refractivity contribution < 1.29 is 19.1 Å². The Morgan fingerprint density at radius 2 is 1.97 bits per heavy atom. The third kappa shape index (κ3) is 4.52. The van der Waals surface area contributed by atoms with Crippen LogP contribution in [0.2, 0.25) is 0 Å². The number of amides is 2. The van der Waals surface area contributed by atoms with E-state index in [4.69, 9.17) is 14.5 Å². The average Bonchev–Trinajstić information content (AvgIpc) is 3.03. The van der Waals surface area contributed by atoms with E-state index in [1.165, 1.54) is 6.42 Å². The lowest BCUT2D eigenvalue weighted by atomic mass is 9.85. The molecule has 30 heavy (non-hydrogen) atoms.